The molecule has 1 amide bonds. The van der Waals surface area contributed by atoms with Gasteiger partial charge in [0, 0.05) is 37.9 Å². The Morgan fingerprint density at radius 1 is 0.968 bits per heavy atom. The van der Waals surface area contributed by atoms with Crippen molar-refractivity contribution in [2.24, 2.45) is 0 Å². The molecule has 0 unspecified atom stereocenters. The predicted molar refractivity (Wildman–Crippen MR) is 113 cm³/mol. The van der Waals surface area contributed by atoms with Crippen molar-refractivity contribution in [3.8, 4) is 0 Å². The van der Waals surface area contributed by atoms with Gasteiger partial charge in [-0.2, -0.15) is 4.31 Å². The van der Waals surface area contributed by atoms with Gasteiger partial charge in [-0.25, -0.2) is 17.2 Å². The van der Waals surface area contributed by atoms with Crippen molar-refractivity contribution in [3.63, 3.8) is 0 Å². The summed E-state index contributed by atoms with van der Waals surface area (Å²) in [5.41, 5.74) is 2.51. The topological polar surface area (TPSA) is 69.7 Å². The fourth-order valence-electron chi connectivity index (χ4n) is 4.18. The molecule has 0 saturated carbocycles. The van der Waals surface area contributed by atoms with E-state index in [0.717, 1.165) is 37.0 Å². The highest BCUT2D eigenvalue weighted by Crippen LogP contribution is 2.27. The summed E-state index contributed by atoms with van der Waals surface area (Å²) in [5, 5.41) is 2.58. The summed E-state index contributed by atoms with van der Waals surface area (Å²) in [6.07, 6.45) is 2.97. The summed E-state index contributed by atoms with van der Waals surface area (Å²) >= 11 is 0. The first-order valence-electron chi connectivity index (χ1n) is 10.4. The molecule has 2 aliphatic rings. The van der Waals surface area contributed by atoms with Gasteiger partial charge in [-0.05, 0) is 61.6 Å². The van der Waals surface area contributed by atoms with E-state index >= 15 is 0 Å². The van der Waals surface area contributed by atoms with E-state index in [1.54, 1.807) is 19.1 Å². The molecule has 1 N–H and O–H groups in total. The van der Waals surface area contributed by atoms with Crippen molar-refractivity contribution >= 4 is 21.6 Å². The van der Waals surface area contributed by atoms with Crippen LogP contribution in [0.2, 0.25) is 0 Å². The first kappa shape index (κ1) is 21.9. The first-order valence-corrected chi connectivity index (χ1v) is 11.8. The van der Waals surface area contributed by atoms with E-state index in [2.05, 4.69) is 5.32 Å². The number of sulfonamides is 1. The Hall–Kier alpha value is -2.36. The second-order valence-electron chi connectivity index (χ2n) is 8.02. The average Bonchev–Trinajstić information content (AvgIpc) is 3.24. The minimum atomic E-state index is -3.58. The van der Waals surface area contributed by atoms with Crippen LogP contribution >= 0.6 is 0 Å². The molecule has 1 atom stereocenters. The molecular weight excluding hydrogens is 424 g/mol. The van der Waals surface area contributed by atoms with Gasteiger partial charge < -0.3 is 5.32 Å². The number of carbonyl (C=O) groups excluding carboxylic acids is 1. The number of carbonyl (C=O) groups is 1. The number of benzene rings is 2. The maximum absolute atomic E-state index is 13.4. The maximum Gasteiger partial charge on any atom is 0.243 e. The molecule has 1 aliphatic heterocycles. The van der Waals surface area contributed by atoms with E-state index in [0.29, 0.717) is 18.0 Å². The molecule has 31 heavy (non-hydrogen) atoms. The van der Waals surface area contributed by atoms with Crippen molar-refractivity contribution in [1.82, 2.24) is 9.21 Å². The number of hydrogen-bond donors (Lipinski definition) is 1. The average molecular weight is 450 g/mol. The number of anilines is 1. The minimum Gasteiger partial charge on any atom is -0.325 e. The normalized spacial score (nSPS) is 18.5. The summed E-state index contributed by atoms with van der Waals surface area (Å²) in [5.74, 6) is -2.37. The summed E-state index contributed by atoms with van der Waals surface area (Å²) in [4.78, 5) is 14.7. The van der Waals surface area contributed by atoms with Gasteiger partial charge in [0.1, 0.15) is 0 Å². The van der Waals surface area contributed by atoms with Crippen molar-refractivity contribution in [2.45, 2.75) is 37.1 Å². The summed E-state index contributed by atoms with van der Waals surface area (Å²) in [6.45, 7) is 3.07. The fourth-order valence-corrected chi connectivity index (χ4v) is 5.65. The van der Waals surface area contributed by atoms with Gasteiger partial charge >= 0.3 is 0 Å². The number of hydrogen-bond acceptors (Lipinski definition) is 4. The van der Waals surface area contributed by atoms with Crippen LogP contribution in [0.1, 0.15) is 24.5 Å². The van der Waals surface area contributed by atoms with E-state index in [1.165, 1.54) is 15.9 Å². The number of amides is 1. The molecule has 166 valence electrons. The molecule has 2 aromatic carbocycles. The smallest absolute Gasteiger partial charge is 0.243 e. The Morgan fingerprint density at radius 3 is 2.39 bits per heavy atom. The third kappa shape index (κ3) is 4.49. The Bertz CT molecular complexity index is 1100. The minimum absolute atomic E-state index is 0.175. The molecule has 1 heterocycles. The van der Waals surface area contributed by atoms with Gasteiger partial charge in [0.15, 0.2) is 11.6 Å². The third-order valence-corrected chi connectivity index (χ3v) is 7.99. The molecule has 0 radical (unpaired) electrons. The van der Waals surface area contributed by atoms with Gasteiger partial charge in [-0.1, -0.05) is 6.07 Å². The molecule has 0 bridgehead atoms. The second-order valence-corrected chi connectivity index (χ2v) is 9.96. The van der Waals surface area contributed by atoms with Crippen molar-refractivity contribution in [1.29, 1.82) is 0 Å². The van der Waals surface area contributed by atoms with Gasteiger partial charge in [-0.3, -0.25) is 9.69 Å². The summed E-state index contributed by atoms with van der Waals surface area (Å²) < 4.78 is 54.0. The van der Waals surface area contributed by atoms with Crippen LogP contribution in [-0.2, 0) is 27.7 Å². The quantitative estimate of drug-likeness (QED) is 0.762. The van der Waals surface area contributed by atoms with Gasteiger partial charge in [-0.15, -0.1) is 0 Å². The van der Waals surface area contributed by atoms with Crippen LogP contribution < -0.4 is 5.32 Å². The lowest BCUT2D eigenvalue weighted by Crippen LogP contribution is -2.53. The largest absolute Gasteiger partial charge is 0.325 e. The standard InChI is InChI=1S/C22H25F2N3O3S/c1-15(22(28)25-18-6-8-20(23)21(24)14-18)26-9-11-27(12-10-26)31(29,30)19-7-5-16-3-2-4-17(16)13-19/h5-8,13-15H,2-4,9-12H2,1H3,(H,25,28)/t15-/m0/s1. The Kier molecular flexibility index (Phi) is 6.09. The van der Waals surface area contributed by atoms with Gasteiger partial charge in [0.05, 0.1) is 10.9 Å². The van der Waals surface area contributed by atoms with E-state index in [4.69, 9.17) is 0 Å². The highest BCUT2D eigenvalue weighted by Gasteiger charge is 2.32. The Labute approximate surface area is 180 Å². The SMILES string of the molecule is C[C@@H](C(=O)Nc1ccc(F)c(F)c1)N1CCN(S(=O)(=O)c2ccc3c(c2)CCC3)CC1. The highest BCUT2D eigenvalue weighted by molar-refractivity contribution is 7.89. The second kappa shape index (κ2) is 8.64. The molecule has 2 aromatic rings. The molecule has 0 aromatic heterocycles. The number of piperazine rings is 1. The van der Waals surface area contributed by atoms with E-state index in [9.17, 15) is 22.0 Å². The van der Waals surface area contributed by atoms with Crippen LogP contribution in [0.15, 0.2) is 41.3 Å². The van der Waals surface area contributed by atoms with Crippen molar-refractivity contribution < 1.29 is 22.0 Å². The van der Waals surface area contributed by atoms with Gasteiger partial charge in [0.25, 0.3) is 0 Å². The van der Waals surface area contributed by atoms with Crippen LogP contribution in [0.4, 0.5) is 14.5 Å². The van der Waals surface area contributed by atoms with E-state index in [-0.39, 0.29) is 24.7 Å². The van der Waals surface area contributed by atoms with E-state index < -0.39 is 27.7 Å². The number of fused-ring (bicyclic) bond motifs is 1. The van der Waals surface area contributed by atoms with E-state index in [1.807, 2.05) is 11.0 Å². The lowest BCUT2D eigenvalue weighted by atomic mass is 10.1. The number of rotatable bonds is 5. The lowest BCUT2D eigenvalue weighted by Gasteiger charge is -2.36. The predicted octanol–water partition coefficient (Wildman–Crippen LogP) is 2.79. The zero-order valence-corrected chi connectivity index (χ0v) is 18.1. The zero-order valence-electron chi connectivity index (χ0n) is 17.3. The molecule has 1 aliphatic carbocycles. The number of aryl methyl sites for hydroxylation is 2. The lowest BCUT2D eigenvalue weighted by molar-refractivity contribution is -0.121. The van der Waals surface area contributed by atoms with Crippen LogP contribution in [0.5, 0.6) is 0 Å². The maximum atomic E-state index is 13.4. The number of nitrogens with one attached hydrogen (secondary N) is 1. The van der Waals surface area contributed by atoms with Crippen LogP contribution in [-0.4, -0.2) is 55.8 Å². The van der Waals surface area contributed by atoms with Crippen LogP contribution in [0.3, 0.4) is 0 Å². The summed E-state index contributed by atoms with van der Waals surface area (Å²) in [7, 11) is -3.58. The first-order chi connectivity index (χ1) is 14.8. The van der Waals surface area contributed by atoms with Crippen LogP contribution in [0.25, 0.3) is 0 Å². The highest BCUT2D eigenvalue weighted by atomic mass is 32.2. The molecule has 0 spiro atoms. The monoisotopic (exact) mass is 449 g/mol. The fraction of sp³-hybridized carbons (Fsp3) is 0.409. The zero-order chi connectivity index (χ0) is 22.2. The molecule has 1 saturated heterocycles. The molecule has 4 rings (SSSR count). The molecule has 6 nitrogen and oxygen atoms in total. The van der Waals surface area contributed by atoms with Crippen molar-refractivity contribution in [2.75, 3.05) is 31.5 Å². The summed E-state index contributed by atoms with van der Waals surface area (Å²) in [6, 6.07) is 8.03. The third-order valence-electron chi connectivity index (χ3n) is 6.10. The Balaban J connectivity index is 1.37. The molecule has 1 fully saturated rings. The molecular formula is C22H25F2N3O3S. The van der Waals surface area contributed by atoms with Crippen molar-refractivity contribution in [3.05, 3.63) is 59.2 Å². The Morgan fingerprint density at radius 2 is 1.68 bits per heavy atom. The molecule has 9 heteroatoms. The number of halogens is 2. The van der Waals surface area contributed by atoms with Crippen LogP contribution in [0, 0.1) is 11.6 Å². The van der Waals surface area contributed by atoms with Gasteiger partial charge in [0.2, 0.25) is 15.9 Å². The number of nitrogens with zero attached hydrogens (tertiary/aromatic N) is 2.